The van der Waals surface area contributed by atoms with E-state index in [0.29, 0.717) is 16.2 Å². The van der Waals surface area contributed by atoms with Crippen LogP contribution >= 0.6 is 11.8 Å². The molecule has 1 aliphatic carbocycles. The van der Waals surface area contributed by atoms with Crippen LogP contribution in [0.1, 0.15) is 58.7 Å². The molecule has 0 spiro atoms. The quantitative estimate of drug-likeness (QED) is 0.627. The van der Waals surface area contributed by atoms with E-state index in [1.807, 2.05) is 6.07 Å². The average Bonchev–Trinajstić information content (AvgIpc) is 2.96. The van der Waals surface area contributed by atoms with Crippen LogP contribution in [-0.4, -0.2) is 24.4 Å². The molecule has 0 bridgehead atoms. The highest BCUT2D eigenvalue weighted by atomic mass is 32.2. The molecule has 4 rings (SSSR count). The van der Waals surface area contributed by atoms with Crippen LogP contribution in [0.2, 0.25) is 0 Å². The standard InChI is InChI=1S/C21H26N4OS/c1-12(2)24-17-15-10-8-7-9-14(15)11-21(5,6)16(17)18(26)25-19(24)22-23-20(25)27-13(3)4/h7-10,12-13H,11H2,1-6H3. The minimum absolute atomic E-state index is 0.0181. The Morgan fingerprint density at radius 3 is 2.48 bits per heavy atom. The van der Waals surface area contributed by atoms with E-state index in [9.17, 15) is 4.79 Å². The van der Waals surface area contributed by atoms with E-state index in [2.05, 4.69) is 74.5 Å². The molecule has 0 unspecified atom stereocenters. The molecule has 0 aliphatic heterocycles. The monoisotopic (exact) mass is 382 g/mol. The number of thioether (sulfide) groups is 1. The molecule has 0 saturated carbocycles. The van der Waals surface area contributed by atoms with Gasteiger partial charge < -0.3 is 4.57 Å². The highest BCUT2D eigenvalue weighted by Crippen LogP contribution is 2.42. The van der Waals surface area contributed by atoms with E-state index in [1.54, 1.807) is 16.2 Å². The Labute approximate surface area is 163 Å². The van der Waals surface area contributed by atoms with Gasteiger partial charge in [-0.1, -0.05) is 63.7 Å². The summed E-state index contributed by atoms with van der Waals surface area (Å²) in [6.45, 7) is 12.8. The van der Waals surface area contributed by atoms with Crippen molar-refractivity contribution in [1.82, 2.24) is 19.2 Å². The number of fused-ring (bicyclic) bond motifs is 4. The molecule has 1 aromatic carbocycles. The lowest BCUT2D eigenvalue weighted by Gasteiger charge is -2.35. The zero-order chi connectivity index (χ0) is 19.5. The molecule has 6 heteroatoms. The van der Waals surface area contributed by atoms with E-state index >= 15 is 0 Å². The van der Waals surface area contributed by atoms with Crippen LogP contribution in [0, 0.1) is 0 Å². The van der Waals surface area contributed by atoms with E-state index in [4.69, 9.17) is 0 Å². The van der Waals surface area contributed by atoms with Crippen molar-refractivity contribution in [2.45, 2.75) is 69.8 Å². The fraction of sp³-hybridized carbons (Fsp3) is 0.476. The predicted octanol–water partition coefficient (Wildman–Crippen LogP) is 4.47. The fourth-order valence-corrected chi connectivity index (χ4v) is 4.93. The number of nitrogens with zero attached hydrogens (tertiary/aromatic N) is 4. The second-order valence-electron chi connectivity index (χ2n) is 8.49. The highest BCUT2D eigenvalue weighted by molar-refractivity contribution is 7.99. The Morgan fingerprint density at radius 2 is 1.81 bits per heavy atom. The molecule has 0 N–H and O–H groups in total. The Hall–Kier alpha value is -2.08. The third kappa shape index (κ3) is 2.73. The van der Waals surface area contributed by atoms with Crippen molar-refractivity contribution in [2.75, 3.05) is 0 Å². The molecule has 0 amide bonds. The first-order chi connectivity index (χ1) is 12.7. The van der Waals surface area contributed by atoms with Crippen LogP contribution in [0.3, 0.4) is 0 Å². The second kappa shape index (κ2) is 6.23. The van der Waals surface area contributed by atoms with Crippen molar-refractivity contribution in [3.63, 3.8) is 0 Å². The van der Waals surface area contributed by atoms with E-state index in [1.165, 1.54) is 5.56 Å². The summed E-state index contributed by atoms with van der Waals surface area (Å²) in [6.07, 6.45) is 0.851. The average molecular weight is 383 g/mol. The molecule has 2 heterocycles. The number of aromatic nitrogens is 4. The summed E-state index contributed by atoms with van der Waals surface area (Å²) in [5.41, 5.74) is 4.06. The first-order valence-electron chi connectivity index (χ1n) is 9.51. The van der Waals surface area contributed by atoms with Crippen LogP contribution in [0.25, 0.3) is 17.0 Å². The Morgan fingerprint density at radius 1 is 1.11 bits per heavy atom. The maximum Gasteiger partial charge on any atom is 0.265 e. The van der Waals surface area contributed by atoms with Gasteiger partial charge in [-0.25, -0.2) is 4.40 Å². The number of rotatable bonds is 3. The summed E-state index contributed by atoms with van der Waals surface area (Å²) >= 11 is 1.58. The smallest absolute Gasteiger partial charge is 0.265 e. The van der Waals surface area contributed by atoms with Crippen molar-refractivity contribution in [3.8, 4) is 11.3 Å². The molecule has 0 atom stereocenters. The Kier molecular flexibility index (Phi) is 4.22. The molecular weight excluding hydrogens is 356 g/mol. The van der Waals surface area contributed by atoms with Gasteiger partial charge in [0, 0.05) is 27.8 Å². The Bertz CT molecular complexity index is 1090. The second-order valence-corrected chi connectivity index (χ2v) is 10.0. The van der Waals surface area contributed by atoms with Crippen molar-refractivity contribution in [1.29, 1.82) is 0 Å². The van der Waals surface area contributed by atoms with Gasteiger partial charge in [0.15, 0.2) is 5.16 Å². The molecular formula is C21H26N4OS. The van der Waals surface area contributed by atoms with Gasteiger partial charge in [-0.2, -0.15) is 0 Å². The maximum absolute atomic E-state index is 13.7. The Balaban J connectivity index is 2.20. The van der Waals surface area contributed by atoms with Gasteiger partial charge in [0.1, 0.15) is 0 Å². The van der Waals surface area contributed by atoms with Crippen LogP contribution in [0.15, 0.2) is 34.2 Å². The van der Waals surface area contributed by atoms with Crippen LogP contribution in [0.4, 0.5) is 0 Å². The van der Waals surface area contributed by atoms with Gasteiger partial charge in [-0.15, -0.1) is 10.2 Å². The molecule has 0 fully saturated rings. The summed E-state index contributed by atoms with van der Waals surface area (Å²) in [4.78, 5) is 13.7. The van der Waals surface area contributed by atoms with Crippen LogP contribution in [-0.2, 0) is 11.8 Å². The van der Waals surface area contributed by atoms with Gasteiger partial charge >= 0.3 is 0 Å². The molecule has 0 saturated heterocycles. The topological polar surface area (TPSA) is 52.2 Å². The van der Waals surface area contributed by atoms with Crippen LogP contribution < -0.4 is 5.56 Å². The zero-order valence-corrected chi connectivity index (χ0v) is 17.6. The molecule has 5 nitrogen and oxygen atoms in total. The molecule has 3 aromatic rings. The third-order valence-corrected chi connectivity index (χ3v) is 6.11. The van der Waals surface area contributed by atoms with Gasteiger partial charge in [0.05, 0.1) is 5.69 Å². The lowest BCUT2D eigenvalue weighted by molar-refractivity contribution is 0.489. The minimum Gasteiger partial charge on any atom is -0.307 e. The van der Waals surface area contributed by atoms with Crippen molar-refractivity contribution < 1.29 is 0 Å². The summed E-state index contributed by atoms with van der Waals surface area (Å²) < 4.78 is 3.91. The van der Waals surface area contributed by atoms with Crippen molar-refractivity contribution in [3.05, 3.63) is 45.7 Å². The van der Waals surface area contributed by atoms with Gasteiger partial charge in [0.2, 0.25) is 5.78 Å². The lowest BCUT2D eigenvalue weighted by Crippen LogP contribution is -2.38. The first kappa shape index (κ1) is 18.3. The fourth-order valence-electron chi connectivity index (χ4n) is 4.15. The number of benzene rings is 1. The van der Waals surface area contributed by atoms with E-state index in [-0.39, 0.29) is 17.0 Å². The summed E-state index contributed by atoms with van der Waals surface area (Å²) in [5, 5.41) is 9.81. The molecule has 1 aliphatic rings. The highest BCUT2D eigenvalue weighted by Gasteiger charge is 2.37. The summed E-state index contributed by atoms with van der Waals surface area (Å²) in [6, 6.07) is 8.57. The van der Waals surface area contributed by atoms with E-state index < -0.39 is 0 Å². The van der Waals surface area contributed by atoms with Gasteiger partial charge in [-0.3, -0.25) is 4.79 Å². The van der Waals surface area contributed by atoms with Crippen molar-refractivity contribution >= 4 is 17.5 Å². The maximum atomic E-state index is 13.7. The van der Waals surface area contributed by atoms with Gasteiger partial charge in [0.25, 0.3) is 5.56 Å². The van der Waals surface area contributed by atoms with E-state index in [0.717, 1.165) is 23.2 Å². The number of hydrogen-bond acceptors (Lipinski definition) is 4. The lowest BCUT2D eigenvalue weighted by atomic mass is 9.72. The third-order valence-electron chi connectivity index (χ3n) is 5.17. The predicted molar refractivity (Wildman–Crippen MR) is 111 cm³/mol. The SMILES string of the molecule is CC(C)Sc1nnc2n(C(C)C)c3c(c(=O)n12)C(C)(C)Cc1ccccc1-3. The first-order valence-corrected chi connectivity index (χ1v) is 10.4. The molecule has 2 aromatic heterocycles. The van der Waals surface area contributed by atoms with Gasteiger partial charge in [-0.05, 0) is 25.8 Å². The molecule has 27 heavy (non-hydrogen) atoms. The van der Waals surface area contributed by atoms with Crippen LogP contribution in [0.5, 0.6) is 0 Å². The summed E-state index contributed by atoms with van der Waals surface area (Å²) in [5.74, 6) is 0.629. The number of hydrogen-bond donors (Lipinski definition) is 0. The largest absolute Gasteiger partial charge is 0.307 e. The minimum atomic E-state index is -0.254. The zero-order valence-electron chi connectivity index (χ0n) is 16.8. The molecule has 142 valence electrons. The summed E-state index contributed by atoms with van der Waals surface area (Å²) in [7, 11) is 0. The van der Waals surface area contributed by atoms with Crippen molar-refractivity contribution in [2.24, 2.45) is 0 Å². The normalized spacial score (nSPS) is 15.4. The molecule has 0 radical (unpaired) electrons.